The number of halogens is 1. The minimum absolute atomic E-state index is 0.0557. The van der Waals surface area contributed by atoms with Crippen molar-refractivity contribution in [3.05, 3.63) is 45.9 Å². The zero-order valence-electron chi connectivity index (χ0n) is 10.3. The van der Waals surface area contributed by atoms with E-state index in [-0.39, 0.29) is 17.6 Å². The van der Waals surface area contributed by atoms with Crippen LogP contribution < -0.4 is 16.0 Å². The Kier molecular flexibility index (Phi) is 3.71. The Hall–Kier alpha value is -2.81. The molecule has 0 atom stereocenters. The fourth-order valence-corrected chi connectivity index (χ4v) is 1.49. The Labute approximate surface area is 112 Å². The van der Waals surface area contributed by atoms with E-state index >= 15 is 0 Å². The predicted octanol–water partition coefficient (Wildman–Crippen LogP) is 1.91. The molecule has 0 amide bonds. The molecule has 20 heavy (non-hydrogen) atoms. The molecule has 1 heterocycles. The van der Waals surface area contributed by atoms with E-state index in [2.05, 4.69) is 15.4 Å². The number of nitro benzene ring substituents is 1. The van der Waals surface area contributed by atoms with Crippen molar-refractivity contribution in [1.82, 2.24) is 9.97 Å². The summed E-state index contributed by atoms with van der Waals surface area (Å²) in [5.41, 5.74) is 2.30. The van der Waals surface area contributed by atoms with Crippen molar-refractivity contribution in [2.45, 2.75) is 6.92 Å². The van der Waals surface area contributed by atoms with Crippen LogP contribution in [0.5, 0.6) is 11.6 Å². The van der Waals surface area contributed by atoms with Crippen LogP contribution in [0.4, 0.5) is 16.0 Å². The number of nitrogens with two attached hydrogens (primary N) is 1. The highest BCUT2D eigenvalue weighted by Crippen LogP contribution is 2.31. The van der Waals surface area contributed by atoms with Crippen LogP contribution in [0, 0.1) is 22.9 Å². The van der Waals surface area contributed by atoms with E-state index in [9.17, 15) is 14.5 Å². The number of hydrogen-bond acceptors (Lipinski definition) is 7. The third-order valence-corrected chi connectivity index (χ3v) is 2.29. The van der Waals surface area contributed by atoms with Crippen LogP contribution in [0.15, 0.2) is 24.3 Å². The lowest BCUT2D eigenvalue weighted by molar-refractivity contribution is -0.385. The summed E-state index contributed by atoms with van der Waals surface area (Å²) in [6, 6.07) is 4.44. The number of rotatable bonds is 4. The molecule has 0 aliphatic rings. The molecule has 0 aliphatic carbocycles. The number of benzene rings is 1. The second-order valence-electron chi connectivity index (χ2n) is 3.79. The standard InChI is InChI=1S/C11H10FN5O3/c1-6-4-10(15-11(14-6)16-13)20-9-3-2-7(12)5-8(9)17(18)19/h2-5H,13H2,1H3,(H,14,15,16). The number of aromatic nitrogens is 2. The molecule has 8 nitrogen and oxygen atoms in total. The fourth-order valence-electron chi connectivity index (χ4n) is 1.49. The quantitative estimate of drug-likeness (QED) is 0.498. The zero-order chi connectivity index (χ0) is 14.7. The molecule has 0 saturated heterocycles. The van der Waals surface area contributed by atoms with Gasteiger partial charge in [0.2, 0.25) is 17.6 Å². The van der Waals surface area contributed by atoms with Crippen molar-refractivity contribution in [3.8, 4) is 11.6 Å². The molecule has 0 radical (unpaired) electrons. The average molecular weight is 279 g/mol. The minimum Gasteiger partial charge on any atom is -0.432 e. The van der Waals surface area contributed by atoms with Gasteiger partial charge in [0.25, 0.3) is 0 Å². The number of nitrogens with zero attached hydrogens (tertiary/aromatic N) is 3. The van der Waals surface area contributed by atoms with Crippen LogP contribution in [0.1, 0.15) is 5.69 Å². The van der Waals surface area contributed by atoms with Crippen LogP contribution in [-0.4, -0.2) is 14.9 Å². The number of hydrazine groups is 1. The van der Waals surface area contributed by atoms with Gasteiger partial charge in [-0.15, -0.1) is 0 Å². The number of nitrogen functional groups attached to an aromatic ring is 1. The Bertz CT molecular complexity index is 665. The molecule has 0 bridgehead atoms. The van der Waals surface area contributed by atoms with Gasteiger partial charge >= 0.3 is 5.69 Å². The number of aryl methyl sites for hydroxylation is 1. The SMILES string of the molecule is Cc1cc(Oc2ccc(F)cc2[N+](=O)[O-])nc(NN)n1. The van der Waals surface area contributed by atoms with E-state index in [4.69, 9.17) is 10.6 Å². The van der Waals surface area contributed by atoms with Crippen LogP contribution in [0.2, 0.25) is 0 Å². The van der Waals surface area contributed by atoms with Gasteiger partial charge in [0.05, 0.1) is 11.0 Å². The summed E-state index contributed by atoms with van der Waals surface area (Å²) in [5, 5.41) is 10.8. The highest BCUT2D eigenvalue weighted by Gasteiger charge is 2.18. The molecule has 0 fully saturated rings. The summed E-state index contributed by atoms with van der Waals surface area (Å²) < 4.78 is 18.3. The van der Waals surface area contributed by atoms with Crippen molar-refractivity contribution in [2.24, 2.45) is 5.84 Å². The van der Waals surface area contributed by atoms with Crippen molar-refractivity contribution in [2.75, 3.05) is 5.43 Å². The van der Waals surface area contributed by atoms with Crippen molar-refractivity contribution < 1.29 is 14.1 Å². The Morgan fingerprint density at radius 3 is 2.80 bits per heavy atom. The highest BCUT2D eigenvalue weighted by atomic mass is 19.1. The molecule has 9 heteroatoms. The molecule has 0 unspecified atom stereocenters. The van der Waals surface area contributed by atoms with Gasteiger partial charge in [-0.2, -0.15) is 4.98 Å². The molecule has 3 N–H and O–H groups in total. The second kappa shape index (κ2) is 5.45. The number of anilines is 1. The van der Waals surface area contributed by atoms with Gasteiger partial charge in [0.15, 0.2) is 0 Å². The maximum absolute atomic E-state index is 13.0. The first kappa shape index (κ1) is 13.6. The summed E-state index contributed by atoms with van der Waals surface area (Å²) in [6.07, 6.45) is 0. The van der Waals surface area contributed by atoms with Crippen molar-refractivity contribution in [1.29, 1.82) is 0 Å². The maximum atomic E-state index is 13.0. The summed E-state index contributed by atoms with van der Waals surface area (Å²) >= 11 is 0. The van der Waals surface area contributed by atoms with Gasteiger partial charge in [-0.1, -0.05) is 0 Å². The third kappa shape index (κ3) is 2.95. The van der Waals surface area contributed by atoms with Crippen LogP contribution in [0.25, 0.3) is 0 Å². The molecule has 2 aromatic rings. The molecule has 104 valence electrons. The number of ether oxygens (including phenoxy) is 1. The van der Waals surface area contributed by atoms with Gasteiger partial charge in [0.1, 0.15) is 5.82 Å². The summed E-state index contributed by atoms with van der Waals surface area (Å²) in [5.74, 6) is 4.49. The molecule has 1 aromatic heterocycles. The monoisotopic (exact) mass is 279 g/mol. The van der Waals surface area contributed by atoms with Crippen LogP contribution in [0.3, 0.4) is 0 Å². The van der Waals surface area contributed by atoms with Crippen molar-refractivity contribution in [3.63, 3.8) is 0 Å². The lowest BCUT2D eigenvalue weighted by atomic mass is 10.3. The van der Waals surface area contributed by atoms with Gasteiger partial charge in [-0.05, 0) is 19.1 Å². The largest absolute Gasteiger partial charge is 0.432 e. The average Bonchev–Trinajstić information content (AvgIpc) is 2.40. The summed E-state index contributed by atoms with van der Waals surface area (Å²) in [6.45, 7) is 1.68. The fraction of sp³-hybridized carbons (Fsp3) is 0.0909. The number of nitrogens with one attached hydrogen (secondary N) is 1. The van der Waals surface area contributed by atoms with Crippen LogP contribution >= 0.6 is 0 Å². The molecular formula is C11H10FN5O3. The van der Waals surface area contributed by atoms with E-state index in [0.717, 1.165) is 18.2 Å². The third-order valence-electron chi connectivity index (χ3n) is 2.29. The molecule has 0 spiro atoms. The normalized spacial score (nSPS) is 10.2. The zero-order valence-corrected chi connectivity index (χ0v) is 10.3. The minimum atomic E-state index is -0.742. The van der Waals surface area contributed by atoms with Crippen molar-refractivity contribution >= 4 is 11.6 Å². The predicted molar refractivity (Wildman–Crippen MR) is 67.7 cm³/mol. The smallest absolute Gasteiger partial charge is 0.314 e. The van der Waals surface area contributed by atoms with E-state index in [1.165, 1.54) is 6.07 Å². The van der Waals surface area contributed by atoms with E-state index in [1.54, 1.807) is 6.92 Å². The second-order valence-corrected chi connectivity index (χ2v) is 3.79. The maximum Gasteiger partial charge on any atom is 0.314 e. The number of nitro groups is 1. The van der Waals surface area contributed by atoms with Gasteiger partial charge < -0.3 is 4.74 Å². The van der Waals surface area contributed by atoms with Gasteiger partial charge in [-0.3, -0.25) is 15.5 Å². The Morgan fingerprint density at radius 2 is 2.15 bits per heavy atom. The molecule has 1 aromatic carbocycles. The van der Waals surface area contributed by atoms with Gasteiger partial charge in [-0.25, -0.2) is 15.2 Å². The van der Waals surface area contributed by atoms with E-state index in [1.807, 2.05) is 0 Å². The Balaban J connectivity index is 2.39. The Morgan fingerprint density at radius 1 is 1.40 bits per heavy atom. The van der Waals surface area contributed by atoms with E-state index < -0.39 is 16.4 Å². The molecule has 0 aliphatic heterocycles. The lowest BCUT2D eigenvalue weighted by Crippen LogP contribution is -2.11. The first-order valence-electron chi connectivity index (χ1n) is 5.43. The summed E-state index contributed by atoms with van der Waals surface area (Å²) in [7, 11) is 0. The first-order valence-corrected chi connectivity index (χ1v) is 5.43. The highest BCUT2D eigenvalue weighted by molar-refractivity contribution is 5.48. The molecular weight excluding hydrogens is 269 g/mol. The topological polar surface area (TPSA) is 116 Å². The summed E-state index contributed by atoms with van der Waals surface area (Å²) in [4.78, 5) is 17.9. The van der Waals surface area contributed by atoms with E-state index in [0.29, 0.717) is 5.69 Å². The van der Waals surface area contributed by atoms with Gasteiger partial charge in [0, 0.05) is 11.8 Å². The molecule has 0 saturated carbocycles. The number of hydrogen-bond donors (Lipinski definition) is 2. The lowest BCUT2D eigenvalue weighted by Gasteiger charge is -2.07. The first-order chi connectivity index (χ1) is 9.49. The van der Waals surface area contributed by atoms with Crippen LogP contribution in [-0.2, 0) is 0 Å². The molecule has 2 rings (SSSR count).